The molecule has 1 saturated heterocycles. The predicted molar refractivity (Wildman–Crippen MR) is 99.1 cm³/mol. The van der Waals surface area contributed by atoms with Crippen molar-refractivity contribution in [3.63, 3.8) is 0 Å². The van der Waals surface area contributed by atoms with Gasteiger partial charge in [-0.2, -0.15) is 0 Å². The van der Waals surface area contributed by atoms with Crippen molar-refractivity contribution in [1.82, 2.24) is 15.6 Å². The normalized spacial score (nSPS) is 13.4. The van der Waals surface area contributed by atoms with Crippen LogP contribution in [-0.2, 0) is 11.2 Å². The molecule has 1 fully saturated rings. The van der Waals surface area contributed by atoms with Gasteiger partial charge in [-0.3, -0.25) is 4.79 Å². The van der Waals surface area contributed by atoms with Crippen LogP contribution in [0.5, 0.6) is 0 Å². The Kier molecular flexibility index (Phi) is 8.56. The maximum Gasteiger partial charge on any atom is 0.220 e. The lowest BCUT2D eigenvalue weighted by molar-refractivity contribution is -0.121. The molecule has 0 aliphatic carbocycles. The van der Waals surface area contributed by atoms with Crippen molar-refractivity contribution >= 4 is 42.3 Å². The Hall–Kier alpha value is -1.27. The molecule has 1 aliphatic rings. The van der Waals surface area contributed by atoms with Crippen LogP contribution in [0.3, 0.4) is 0 Å². The number of benzene rings is 1. The third-order valence-corrected chi connectivity index (χ3v) is 4.04. The number of oxazole rings is 1. The number of nitrogens with one attached hydrogen (secondary N) is 2. The van der Waals surface area contributed by atoms with Crippen LogP contribution in [0.2, 0.25) is 5.02 Å². The van der Waals surface area contributed by atoms with Crippen LogP contribution in [0.15, 0.2) is 34.9 Å². The molecule has 0 saturated carbocycles. The second-order valence-corrected chi connectivity index (χ2v) is 5.83. The third kappa shape index (κ3) is 5.38. The Morgan fingerprint density at radius 3 is 2.75 bits per heavy atom. The largest absolute Gasteiger partial charge is 0.441 e. The van der Waals surface area contributed by atoms with Crippen LogP contribution in [0.1, 0.15) is 12.3 Å². The highest BCUT2D eigenvalue weighted by molar-refractivity contribution is 6.33. The molecule has 0 spiro atoms. The SMILES string of the molecule is Cl.Cl.O=C(CCc1ncc(-c2ccccc2Cl)o1)NCC1CNC1. The minimum Gasteiger partial charge on any atom is -0.441 e. The zero-order chi connectivity index (χ0) is 15.4. The molecule has 2 N–H and O–H groups in total. The fraction of sp³-hybridized carbons (Fsp3) is 0.375. The van der Waals surface area contributed by atoms with Crippen LogP contribution in [0.25, 0.3) is 11.3 Å². The Morgan fingerprint density at radius 2 is 2.08 bits per heavy atom. The minimum atomic E-state index is 0. The highest BCUT2D eigenvalue weighted by Gasteiger charge is 2.17. The van der Waals surface area contributed by atoms with E-state index in [0.29, 0.717) is 35.4 Å². The molecule has 24 heavy (non-hydrogen) atoms. The molecule has 2 aromatic rings. The molecule has 2 heterocycles. The smallest absolute Gasteiger partial charge is 0.220 e. The van der Waals surface area contributed by atoms with E-state index in [4.69, 9.17) is 16.0 Å². The van der Waals surface area contributed by atoms with E-state index in [1.807, 2.05) is 24.3 Å². The van der Waals surface area contributed by atoms with Crippen molar-refractivity contribution < 1.29 is 9.21 Å². The summed E-state index contributed by atoms with van der Waals surface area (Å²) in [5.74, 6) is 1.78. The van der Waals surface area contributed by atoms with Gasteiger partial charge in [0.05, 0.1) is 11.2 Å². The number of amides is 1. The molecule has 1 aliphatic heterocycles. The summed E-state index contributed by atoms with van der Waals surface area (Å²) in [7, 11) is 0. The van der Waals surface area contributed by atoms with E-state index in [-0.39, 0.29) is 30.7 Å². The maximum absolute atomic E-state index is 11.8. The first-order valence-electron chi connectivity index (χ1n) is 7.39. The average molecular weight is 393 g/mol. The van der Waals surface area contributed by atoms with Gasteiger partial charge in [0.2, 0.25) is 5.91 Å². The van der Waals surface area contributed by atoms with E-state index >= 15 is 0 Å². The molecule has 8 heteroatoms. The van der Waals surface area contributed by atoms with Crippen LogP contribution in [0, 0.1) is 5.92 Å². The third-order valence-electron chi connectivity index (χ3n) is 3.71. The quantitative estimate of drug-likeness (QED) is 0.792. The molecule has 0 unspecified atom stereocenters. The van der Waals surface area contributed by atoms with Gasteiger partial charge in [-0.25, -0.2) is 4.98 Å². The first-order chi connectivity index (χ1) is 10.7. The Labute approximate surface area is 158 Å². The van der Waals surface area contributed by atoms with Gasteiger partial charge >= 0.3 is 0 Å². The topological polar surface area (TPSA) is 67.2 Å². The number of carbonyl (C=O) groups excluding carboxylic acids is 1. The van der Waals surface area contributed by atoms with E-state index in [0.717, 1.165) is 25.2 Å². The number of rotatable bonds is 6. The number of nitrogens with zero attached hydrogens (tertiary/aromatic N) is 1. The van der Waals surface area contributed by atoms with Crippen molar-refractivity contribution in [2.24, 2.45) is 5.92 Å². The van der Waals surface area contributed by atoms with Gasteiger partial charge in [0.25, 0.3) is 0 Å². The first kappa shape index (κ1) is 20.8. The highest BCUT2D eigenvalue weighted by Crippen LogP contribution is 2.28. The molecule has 1 aromatic heterocycles. The van der Waals surface area contributed by atoms with Crippen LogP contribution in [-0.4, -0.2) is 30.5 Å². The number of aromatic nitrogens is 1. The summed E-state index contributed by atoms with van der Waals surface area (Å²) in [6.07, 6.45) is 2.51. The summed E-state index contributed by atoms with van der Waals surface area (Å²) < 4.78 is 5.67. The molecule has 0 bridgehead atoms. The van der Waals surface area contributed by atoms with Crippen LogP contribution >= 0.6 is 36.4 Å². The molecule has 3 rings (SSSR count). The molecule has 1 aromatic carbocycles. The lowest BCUT2D eigenvalue weighted by Gasteiger charge is -2.27. The average Bonchev–Trinajstić information content (AvgIpc) is 2.93. The molecule has 0 radical (unpaired) electrons. The molecule has 5 nitrogen and oxygen atoms in total. The zero-order valence-electron chi connectivity index (χ0n) is 13.0. The van der Waals surface area contributed by atoms with Gasteiger partial charge < -0.3 is 15.1 Å². The van der Waals surface area contributed by atoms with Gasteiger partial charge in [0, 0.05) is 44.0 Å². The molecular weight excluding hydrogens is 373 g/mol. The first-order valence-corrected chi connectivity index (χ1v) is 7.77. The van der Waals surface area contributed by atoms with Crippen LogP contribution in [0.4, 0.5) is 0 Å². The van der Waals surface area contributed by atoms with Gasteiger partial charge in [-0.05, 0) is 12.1 Å². The summed E-state index contributed by atoms with van der Waals surface area (Å²) >= 11 is 6.13. The van der Waals surface area contributed by atoms with Crippen LogP contribution < -0.4 is 10.6 Å². The number of halogens is 3. The Bertz CT molecular complexity index is 660. The molecule has 132 valence electrons. The fourth-order valence-corrected chi connectivity index (χ4v) is 2.50. The summed E-state index contributed by atoms with van der Waals surface area (Å²) in [4.78, 5) is 16.0. The van der Waals surface area contributed by atoms with Crippen molar-refractivity contribution in [3.8, 4) is 11.3 Å². The van der Waals surface area contributed by atoms with Gasteiger partial charge in [-0.1, -0.05) is 23.7 Å². The summed E-state index contributed by atoms with van der Waals surface area (Å²) in [5.41, 5.74) is 0.810. The predicted octanol–water partition coefficient (Wildman–Crippen LogP) is 3.11. The maximum atomic E-state index is 11.8. The van der Waals surface area contributed by atoms with E-state index in [1.165, 1.54) is 0 Å². The van der Waals surface area contributed by atoms with E-state index in [1.54, 1.807) is 6.20 Å². The number of hydrogen-bond donors (Lipinski definition) is 2. The summed E-state index contributed by atoms with van der Waals surface area (Å²) in [5, 5.41) is 6.73. The molecular formula is C16H20Cl3N3O2. The van der Waals surface area contributed by atoms with Crippen molar-refractivity contribution in [2.45, 2.75) is 12.8 Å². The highest BCUT2D eigenvalue weighted by atomic mass is 35.5. The van der Waals surface area contributed by atoms with Crippen molar-refractivity contribution in [1.29, 1.82) is 0 Å². The summed E-state index contributed by atoms with van der Waals surface area (Å²) in [6.45, 7) is 2.71. The van der Waals surface area contributed by atoms with Gasteiger partial charge in [0.1, 0.15) is 0 Å². The minimum absolute atomic E-state index is 0. The zero-order valence-corrected chi connectivity index (χ0v) is 15.3. The lowest BCUT2D eigenvalue weighted by Crippen LogP contribution is -2.48. The number of hydrogen-bond acceptors (Lipinski definition) is 4. The Balaban J connectivity index is 0.00000144. The molecule has 0 atom stereocenters. The number of aryl methyl sites for hydroxylation is 1. The monoisotopic (exact) mass is 391 g/mol. The fourth-order valence-electron chi connectivity index (χ4n) is 2.27. The Morgan fingerprint density at radius 1 is 1.33 bits per heavy atom. The second kappa shape index (κ2) is 9.89. The van der Waals surface area contributed by atoms with Gasteiger partial charge in [0.15, 0.2) is 11.7 Å². The van der Waals surface area contributed by atoms with Crippen molar-refractivity contribution in [3.05, 3.63) is 41.4 Å². The van der Waals surface area contributed by atoms with E-state index < -0.39 is 0 Å². The van der Waals surface area contributed by atoms with Crippen molar-refractivity contribution in [2.75, 3.05) is 19.6 Å². The van der Waals surface area contributed by atoms with E-state index in [9.17, 15) is 4.79 Å². The second-order valence-electron chi connectivity index (χ2n) is 5.43. The van der Waals surface area contributed by atoms with Gasteiger partial charge in [-0.15, -0.1) is 24.8 Å². The lowest BCUT2D eigenvalue weighted by atomic mass is 10.0. The molecule has 1 amide bonds. The van der Waals surface area contributed by atoms with E-state index in [2.05, 4.69) is 15.6 Å². The standard InChI is InChI=1S/C16H18ClN3O2.2ClH/c17-13-4-2-1-3-12(13)14-10-20-16(22-14)6-5-15(21)19-9-11-7-18-8-11;;/h1-4,10-11,18H,5-9H2,(H,19,21);2*1H. The summed E-state index contributed by atoms with van der Waals surface area (Å²) in [6, 6.07) is 7.45. The number of carbonyl (C=O) groups is 1.